The average Bonchev–Trinajstić information content (AvgIpc) is 2.36. The summed E-state index contributed by atoms with van der Waals surface area (Å²) in [6, 6.07) is 2.79. The third-order valence-electron chi connectivity index (χ3n) is 2.31. The second-order valence-corrected chi connectivity index (χ2v) is 4.92. The lowest BCUT2D eigenvalue weighted by molar-refractivity contribution is 0.0695. The molecule has 0 aromatic carbocycles. The maximum atomic E-state index is 11.7. The Morgan fingerprint density at radius 2 is 2.22 bits per heavy atom. The fourth-order valence-electron chi connectivity index (χ4n) is 1.36. The second-order valence-electron chi connectivity index (χ2n) is 4.01. The lowest BCUT2D eigenvalue weighted by Gasteiger charge is -2.10. The second kappa shape index (κ2) is 7.00. The molecule has 0 fully saturated rings. The van der Waals surface area contributed by atoms with Gasteiger partial charge in [0.1, 0.15) is 5.69 Å². The molecular formula is C12H16N2O3S. The number of pyridine rings is 1. The van der Waals surface area contributed by atoms with Gasteiger partial charge in [-0.05, 0) is 30.1 Å². The molecule has 2 N–H and O–H groups in total. The first kappa shape index (κ1) is 14.5. The van der Waals surface area contributed by atoms with Crippen LogP contribution >= 0.6 is 11.8 Å². The highest BCUT2D eigenvalue weighted by Gasteiger charge is 2.10. The van der Waals surface area contributed by atoms with Gasteiger partial charge in [0, 0.05) is 12.7 Å². The molecule has 1 amide bonds. The number of aromatic carboxylic acids is 1. The molecule has 0 aliphatic rings. The number of rotatable bonds is 6. The number of nitrogens with one attached hydrogen (secondary N) is 1. The van der Waals surface area contributed by atoms with Gasteiger partial charge in [-0.25, -0.2) is 4.79 Å². The van der Waals surface area contributed by atoms with E-state index in [2.05, 4.69) is 17.2 Å². The third kappa shape index (κ3) is 4.37. The number of carbonyl (C=O) groups is 2. The fourth-order valence-corrected chi connectivity index (χ4v) is 2.04. The van der Waals surface area contributed by atoms with Crippen molar-refractivity contribution in [2.24, 2.45) is 5.92 Å². The van der Waals surface area contributed by atoms with Gasteiger partial charge in [0.25, 0.3) is 5.91 Å². The molecule has 5 nitrogen and oxygen atoms in total. The Morgan fingerprint density at radius 1 is 1.50 bits per heavy atom. The summed E-state index contributed by atoms with van der Waals surface area (Å²) in [7, 11) is 0. The Balaban J connectivity index is 2.54. The predicted octanol–water partition coefficient (Wildman–Crippen LogP) is 1.51. The molecule has 0 spiro atoms. The van der Waals surface area contributed by atoms with E-state index in [1.165, 1.54) is 18.3 Å². The van der Waals surface area contributed by atoms with Crippen molar-refractivity contribution >= 4 is 23.6 Å². The van der Waals surface area contributed by atoms with Crippen LogP contribution < -0.4 is 5.32 Å². The number of amides is 1. The third-order valence-corrected chi connectivity index (χ3v) is 3.21. The van der Waals surface area contributed by atoms with Gasteiger partial charge in [0.15, 0.2) is 0 Å². The lowest BCUT2D eigenvalue weighted by Crippen LogP contribution is -2.29. The predicted molar refractivity (Wildman–Crippen MR) is 71.1 cm³/mol. The zero-order valence-electron chi connectivity index (χ0n) is 10.3. The highest BCUT2D eigenvalue weighted by atomic mass is 32.2. The van der Waals surface area contributed by atoms with E-state index in [0.29, 0.717) is 12.5 Å². The Bertz CT molecular complexity index is 420. The molecule has 0 radical (unpaired) electrons. The van der Waals surface area contributed by atoms with Crippen LogP contribution in [0, 0.1) is 5.92 Å². The number of hydrogen-bond donors (Lipinski definition) is 2. The number of carboxylic acid groups (broad SMARTS) is 1. The van der Waals surface area contributed by atoms with E-state index in [9.17, 15) is 9.59 Å². The minimum absolute atomic E-state index is 0.0716. The van der Waals surface area contributed by atoms with Crippen LogP contribution in [0.1, 0.15) is 27.8 Å². The number of nitrogens with zero attached hydrogens (tertiary/aromatic N) is 1. The largest absolute Gasteiger partial charge is 0.478 e. The first-order valence-corrected chi connectivity index (χ1v) is 6.90. The summed E-state index contributed by atoms with van der Waals surface area (Å²) in [6.07, 6.45) is 3.20. The molecule has 1 aromatic heterocycles. The van der Waals surface area contributed by atoms with Crippen molar-refractivity contribution in [1.82, 2.24) is 10.3 Å². The fraction of sp³-hybridized carbons (Fsp3) is 0.417. The summed E-state index contributed by atoms with van der Waals surface area (Å²) in [6.45, 7) is 2.64. The molecular weight excluding hydrogens is 252 g/mol. The van der Waals surface area contributed by atoms with Gasteiger partial charge in [-0.1, -0.05) is 6.92 Å². The molecule has 0 saturated heterocycles. The number of aromatic nitrogens is 1. The van der Waals surface area contributed by atoms with E-state index in [4.69, 9.17) is 5.11 Å². The average molecular weight is 268 g/mol. The summed E-state index contributed by atoms with van der Waals surface area (Å²) in [5.41, 5.74) is 0.304. The van der Waals surface area contributed by atoms with Gasteiger partial charge in [-0.2, -0.15) is 11.8 Å². The molecule has 98 valence electrons. The molecule has 0 bridgehead atoms. The minimum atomic E-state index is -1.05. The Labute approximate surface area is 110 Å². The summed E-state index contributed by atoms with van der Waals surface area (Å²) in [5.74, 6) is 0.0382. The van der Waals surface area contributed by atoms with Crippen LogP contribution in [0.3, 0.4) is 0 Å². The van der Waals surface area contributed by atoms with Crippen LogP contribution in [-0.4, -0.2) is 40.5 Å². The van der Waals surface area contributed by atoms with E-state index in [0.717, 1.165) is 5.75 Å². The van der Waals surface area contributed by atoms with E-state index < -0.39 is 5.97 Å². The van der Waals surface area contributed by atoms with Gasteiger partial charge in [0.2, 0.25) is 0 Å². The summed E-state index contributed by atoms with van der Waals surface area (Å²) >= 11 is 1.73. The van der Waals surface area contributed by atoms with Crippen molar-refractivity contribution in [3.8, 4) is 0 Å². The van der Waals surface area contributed by atoms with Gasteiger partial charge < -0.3 is 10.4 Å². The number of hydrogen-bond acceptors (Lipinski definition) is 4. The Morgan fingerprint density at radius 3 is 2.72 bits per heavy atom. The van der Waals surface area contributed by atoms with Crippen molar-refractivity contribution in [3.63, 3.8) is 0 Å². The van der Waals surface area contributed by atoms with Crippen molar-refractivity contribution in [2.45, 2.75) is 6.92 Å². The van der Waals surface area contributed by atoms with E-state index in [1.807, 2.05) is 6.26 Å². The van der Waals surface area contributed by atoms with Gasteiger partial charge >= 0.3 is 5.97 Å². The lowest BCUT2D eigenvalue weighted by atomic mass is 10.2. The summed E-state index contributed by atoms with van der Waals surface area (Å²) in [4.78, 5) is 26.2. The van der Waals surface area contributed by atoms with Crippen LogP contribution in [-0.2, 0) is 0 Å². The zero-order valence-corrected chi connectivity index (χ0v) is 11.2. The van der Waals surface area contributed by atoms with Gasteiger partial charge in [-0.15, -0.1) is 0 Å². The van der Waals surface area contributed by atoms with Gasteiger partial charge in [0.05, 0.1) is 5.56 Å². The molecule has 1 heterocycles. The van der Waals surface area contributed by atoms with E-state index >= 15 is 0 Å². The number of carboxylic acids is 1. The Hall–Kier alpha value is -1.56. The number of thioether (sulfide) groups is 1. The van der Waals surface area contributed by atoms with Crippen LogP contribution in [0.15, 0.2) is 18.3 Å². The SMILES string of the molecule is CSCC(C)CNC(=O)c1ccc(C(=O)O)cn1. The smallest absolute Gasteiger partial charge is 0.337 e. The molecule has 1 aromatic rings. The van der Waals surface area contributed by atoms with E-state index in [-0.39, 0.29) is 17.2 Å². The van der Waals surface area contributed by atoms with E-state index in [1.54, 1.807) is 11.8 Å². The molecule has 1 rings (SSSR count). The van der Waals surface area contributed by atoms with Crippen molar-refractivity contribution in [2.75, 3.05) is 18.6 Å². The van der Waals surface area contributed by atoms with Gasteiger partial charge in [-0.3, -0.25) is 9.78 Å². The standard InChI is InChI=1S/C12H16N2O3S/c1-8(7-18-2)5-14-11(15)10-4-3-9(6-13-10)12(16)17/h3-4,6,8H,5,7H2,1-2H3,(H,14,15)(H,16,17). The molecule has 0 aliphatic carbocycles. The van der Waals surface area contributed by atoms with Crippen LogP contribution in [0.5, 0.6) is 0 Å². The molecule has 0 saturated carbocycles. The van der Waals surface area contributed by atoms with Crippen LogP contribution in [0.4, 0.5) is 0 Å². The van der Waals surface area contributed by atoms with Crippen molar-refractivity contribution < 1.29 is 14.7 Å². The highest BCUT2D eigenvalue weighted by molar-refractivity contribution is 7.98. The Kier molecular flexibility index (Phi) is 5.64. The first-order chi connectivity index (χ1) is 8.54. The molecule has 18 heavy (non-hydrogen) atoms. The first-order valence-electron chi connectivity index (χ1n) is 5.51. The quantitative estimate of drug-likeness (QED) is 0.817. The summed E-state index contributed by atoms with van der Waals surface area (Å²) in [5, 5.41) is 11.5. The minimum Gasteiger partial charge on any atom is -0.478 e. The normalized spacial score (nSPS) is 11.9. The molecule has 6 heteroatoms. The topological polar surface area (TPSA) is 79.3 Å². The van der Waals surface area contributed by atoms with Crippen LogP contribution in [0.25, 0.3) is 0 Å². The number of carbonyl (C=O) groups excluding carboxylic acids is 1. The maximum absolute atomic E-state index is 11.7. The van der Waals surface area contributed by atoms with Crippen molar-refractivity contribution in [3.05, 3.63) is 29.6 Å². The maximum Gasteiger partial charge on any atom is 0.337 e. The molecule has 0 aliphatic heterocycles. The molecule has 1 atom stereocenters. The van der Waals surface area contributed by atoms with Crippen molar-refractivity contribution in [1.29, 1.82) is 0 Å². The van der Waals surface area contributed by atoms with Crippen LogP contribution in [0.2, 0.25) is 0 Å². The highest BCUT2D eigenvalue weighted by Crippen LogP contribution is 2.04. The monoisotopic (exact) mass is 268 g/mol. The summed E-state index contributed by atoms with van der Waals surface area (Å²) < 4.78 is 0. The zero-order chi connectivity index (χ0) is 13.5. The molecule has 1 unspecified atom stereocenters.